The zero-order valence-electron chi connectivity index (χ0n) is 16.6. The van der Waals surface area contributed by atoms with Crippen LogP contribution in [0.15, 0.2) is 29.3 Å². The summed E-state index contributed by atoms with van der Waals surface area (Å²) in [5.41, 5.74) is 1.45. The quantitative estimate of drug-likeness (QED) is 0.610. The zero-order chi connectivity index (χ0) is 19.8. The number of aromatic nitrogens is 6. The van der Waals surface area contributed by atoms with Gasteiger partial charge in [0.05, 0.1) is 6.20 Å². The molecule has 29 heavy (non-hydrogen) atoms. The highest BCUT2D eigenvalue weighted by Gasteiger charge is 2.32. The maximum Gasteiger partial charge on any atom is 0.276 e. The normalized spacial score (nSPS) is 19.2. The van der Waals surface area contributed by atoms with Crippen molar-refractivity contribution in [1.82, 2.24) is 34.6 Å². The summed E-state index contributed by atoms with van der Waals surface area (Å²) in [5.74, 6) is 1.61. The van der Waals surface area contributed by atoms with Crippen molar-refractivity contribution in [3.8, 4) is 0 Å². The highest BCUT2D eigenvalue weighted by molar-refractivity contribution is 5.92. The Bertz CT molecular complexity index is 1000. The van der Waals surface area contributed by atoms with Crippen molar-refractivity contribution in [2.75, 3.05) is 6.54 Å². The lowest BCUT2D eigenvalue weighted by Crippen LogP contribution is -2.36. The average molecular weight is 395 g/mol. The number of rotatable bonds is 7. The van der Waals surface area contributed by atoms with E-state index in [4.69, 9.17) is 4.52 Å². The van der Waals surface area contributed by atoms with Gasteiger partial charge in [0.25, 0.3) is 5.91 Å². The van der Waals surface area contributed by atoms with Crippen LogP contribution in [0.1, 0.15) is 65.8 Å². The van der Waals surface area contributed by atoms with Crippen molar-refractivity contribution in [1.29, 1.82) is 0 Å². The van der Waals surface area contributed by atoms with Crippen molar-refractivity contribution < 1.29 is 9.32 Å². The Balaban J connectivity index is 1.22. The molecule has 0 radical (unpaired) electrons. The van der Waals surface area contributed by atoms with Crippen LogP contribution in [0.25, 0.3) is 0 Å². The van der Waals surface area contributed by atoms with Gasteiger partial charge in [0.1, 0.15) is 18.7 Å². The maximum absolute atomic E-state index is 13.0. The van der Waals surface area contributed by atoms with Crippen LogP contribution in [-0.4, -0.2) is 53.1 Å². The molecular formula is C20H25N7O2. The maximum atomic E-state index is 13.0. The summed E-state index contributed by atoms with van der Waals surface area (Å²) in [7, 11) is 0. The predicted octanol–water partition coefficient (Wildman–Crippen LogP) is 2.39. The van der Waals surface area contributed by atoms with Gasteiger partial charge in [0.15, 0.2) is 11.5 Å². The lowest BCUT2D eigenvalue weighted by Gasteiger charge is -2.23. The van der Waals surface area contributed by atoms with Crippen LogP contribution in [0.4, 0.5) is 0 Å². The Labute approximate surface area is 168 Å². The van der Waals surface area contributed by atoms with Gasteiger partial charge in [0, 0.05) is 37.3 Å². The molecule has 1 saturated heterocycles. The number of aryl methyl sites for hydroxylation is 2. The SMILES string of the molecule is Cc1cnn(Cc2cc(C(=O)N3CCCC3CCc3nncn3C3CC3)no2)c1. The van der Waals surface area contributed by atoms with Crippen LogP contribution < -0.4 is 0 Å². The third-order valence-electron chi connectivity index (χ3n) is 5.78. The van der Waals surface area contributed by atoms with E-state index in [1.165, 1.54) is 12.8 Å². The minimum absolute atomic E-state index is 0.0530. The minimum Gasteiger partial charge on any atom is -0.359 e. The van der Waals surface area contributed by atoms with Crippen molar-refractivity contribution in [3.05, 3.63) is 47.6 Å². The fraction of sp³-hybridized carbons (Fsp3) is 0.550. The van der Waals surface area contributed by atoms with E-state index in [0.717, 1.165) is 43.6 Å². The van der Waals surface area contributed by atoms with Crippen molar-refractivity contribution in [3.63, 3.8) is 0 Å². The van der Waals surface area contributed by atoms with E-state index in [1.54, 1.807) is 16.9 Å². The van der Waals surface area contributed by atoms with Gasteiger partial charge in [0.2, 0.25) is 0 Å². The number of amides is 1. The van der Waals surface area contributed by atoms with E-state index < -0.39 is 0 Å². The van der Waals surface area contributed by atoms with Gasteiger partial charge in [-0.1, -0.05) is 5.16 Å². The molecule has 1 unspecified atom stereocenters. The standard InChI is InChI=1S/C20H25N7O2/c1-14-10-22-25(11-14)12-17-9-18(24-29-17)20(28)26-8-2-3-15(26)6-7-19-23-21-13-27(19)16-4-5-16/h9-11,13,15-16H,2-8,12H2,1H3. The molecular weight excluding hydrogens is 370 g/mol. The summed E-state index contributed by atoms with van der Waals surface area (Å²) in [6.45, 7) is 3.22. The monoisotopic (exact) mass is 395 g/mol. The molecule has 2 aliphatic rings. The Morgan fingerprint density at radius 1 is 1.31 bits per heavy atom. The summed E-state index contributed by atoms with van der Waals surface area (Å²) in [6, 6.07) is 2.52. The van der Waals surface area contributed by atoms with Gasteiger partial charge in [-0.25, -0.2) is 0 Å². The summed E-state index contributed by atoms with van der Waals surface area (Å²) in [4.78, 5) is 15.0. The molecule has 0 N–H and O–H groups in total. The van der Waals surface area contributed by atoms with Gasteiger partial charge in [-0.15, -0.1) is 10.2 Å². The van der Waals surface area contributed by atoms with Gasteiger partial charge in [-0.05, 0) is 44.6 Å². The topological polar surface area (TPSA) is 94.9 Å². The lowest BCUT2D eigenvalue weighted by atomic mass is 10.1. The Morgan fingerprint density at radius 3 is 3.00 bits per heavy atom. The van der Waals surface area contributed by atoms with Gasteiger partial charge in [-0.3, -0.25) is 9.48 Å². The van der Waals surface area contributed by atoms with Crippen LogP contribution in [0, 0.1) is 6.92 Å². The van der Waals surface area contributed by atoms with E-state index in [1.807, 2.05) is 24.3 Å². The summed E-state index contributed by atoms with van der Waals surface area (Å²) < 4.78 is 9.35. The number of hydrogen-bond acceptors (Lipinski definition) is 6. The second-order valence-electron chi connectivity index (χ2n) is 8.11. The van der Waals surface area contributed by atoms with Crippen LogP contribution in [0.2, 0.25) is 0 Å². The van der Waals surface area contributed by atoms with Gasteiger partial charge in [-0.2, -0.15) is 5.10 Å². The van der Waals surface area contributed by atoms with Crippen LogP contribution in [0.5, 0.6) is 0 Å². The highest BCUT2D eigenvalue weighted by atomic mass is 16.5. The minimum atomic E-state index is -0.0530. The van der Waals surface area contributed by atoms with E-state index >= 15 is 0 Å². The van der Waals surface area contributed by atoms with Gasteiger partial charge < -0.3 is 14.0 Å². The number of nitrogens with zero attached hydrogens (tertiary/aromatic N) is 7. The zero-order valence-corrected chi connectivity index (χ0v) is 16.6. The molecule has 1 saturated carbocycles. The van der Waals surface area contributed by atoms with Crippen molar-refractivity contribution in [2.45, 2.75) is 64.1 Å². The number of likely N-dealkylation sites (tertiary alicyclic amines) is 1. The number of carbonyl (C=O) groups excluding carboxylic acids is 1. The molecule has 0 spiro atoms. The molecule has 9 nitrogen and oxygen atoms in total. The molecule has 3 aromatic heterocycles. The molecule has 5 rings (SSSR count). The highest BCUT2D eigenvalue weighted by Crippen LogP contribution is 2.35. The molecule has 1 atom stereocenters. The second kappa shape index (κ2) is 7.46. The Morgan fingerprint density at radius 2 is 2.21 bits per heavy atom. The molecule has 2 fully saturated rings. The fourth-order valence-corrected chi connectivity index (χ4v) is 4.15. The lowest BCUT2D eigenvalue weighted by molar-refractivity contribution is 0.0719. The molecule has 0 bridgehead atoms. The first-order valence-electron chi connectivity index (χ1n) is 10.3. The van der Waals surface area contributed by atoms with E-state index in [2.05, 4.69) is 25.0 Å². The predicted molar refractivity (Wildman–Crippen MR) is 103 cm³/mol. The molecule has 4 heterocycles. The van der Waals surface area contributed by atoms with Gasteiger partial charge >= 0.3 is 0 Å². The second-order valence-corrected chi connectivity index (χ2v) is 8.11. The molecule has 1 aliphatic heterocycles. The number of hydrogen-bond donors (Lipinski definition) is 0. The fourth-order valence-electron chi connectivity index (χ4n) is 4.15. The molecule has 3 aromatic rings. The summed E-state index contributed by atoms with van der Waals surface area (Å²) in [5, 5.41) is 16.6. The van der Waals surface area contributed by atoms with Crippen LogP contribution >= 0.6 is 0 Å². The first-order valence-corrected chi connectivity index (χ1v) is 10.3. The molecule has 9 heteroatoms. The van der Waals surface area contributed by atoms with Crippen LogP contribution in [-0.2, 0) is 13.0 Å². The smallest absolute Gasteiger partial charge is 0.276 e. The van der Waals surface area contributed by atoms with Crippen LogP contribution in [0.3, 0.4) is 0 Å². The molecule has 152 valence electrons. The van der Waals surface area contributed by atoms with E-state index in [-0.39, 0.29) is 11.9 Å². The third kappa shape index (κ3) is 3.81. The van der Waals surface area contributed by atoms with E-state index in [9.17, 15) is 4.79 Å². The number of carbonyl (C=O) groups is 1. The first-order chi connectivity index (χ1) is 14.2. The average Bonchev–Trinajstić information content (AvgIpc) is 3.16. The Hall–Kier alpha value is -2.97. The van der Waals surface area contributed by atoms with Crippen molar-refractivity contribution in [2.24, 2.45) is 0 Å². The molecule has 0 aromatic carbocycles. The Kier molecular flexibility index (Phi) is 4.65. The molecule has 1 amide bonds. The van der Waals surface area contributed by atoms with Crippen molar-refractivity contribution >= 4 is 5.91 Å². The van der Waals surface area contributed by atoms with E-state index in [0.29, 0.717) is 24.0 Å². The first kappa shape index (κ1) is 18.1. The summed E-state index contributed by atoms with van der Waals surface area (Å²) in [6.07, 6.45) is 11.8. The largest absolute Gasteiger partial charge is 0.359 e. The summed E-state index contributed by atoms with van der Waals surface area (Å²) >= 11 is 0. The third-order valence-corrected chi connectivity index (χ3v) is 5.78. The molecule has 1 aliphatic carbocycles.